The van der Waals surface area contributed by atoms with Gasteiger partial charge in [-0.1, -0.05) is 29.8 Å². The van der Waals surface area contributed by atoms with Gasteiger partial charge in [-0.15, -0.1) is 0 Å². The molecule has 0 fully saturated rings. The molecule has 0 amide bonds. The van der Waals surface area contributed by atoms with Crippen molar-refractivity contribution in [2.45, 2.75) is 4.90 Å². The third-order valence-corrected chi connectivity index (χ3v) is 5.41. The van der Waals surface area contributed by atoms with Crippen molar-refractivity contribution < 1.29 is 18.3 Å². The number of allylic oxidation sites excluding steroid dienone is 4. The van der Waals surface area contributed by atoms with E-state index in [1.165, 1.54) is 30.4 Å². The largest absolute Gasteiger partial charge is 0.301 e. The molecule has 10 nitrogen and oxygen atoms in total. The standard InChI is InChI=1S/C18H11ClN4O6S/c19-15-10-12(20-17-9-7-13(22(24)25)11-18(17)23(26)27)6-8-16(15)21-30(28,29)14-4-2-1-3-5-14/h1-11H/b20-12?,21-16-. The SMILES string of the molecule is O=[N+]([O-])c1ccc(N=C2C=C/C(=N/S(=O)(=O)c3ccccc3)C(Cl)=C2)c([N+](=O)[O-])c1. The van der Waals surface area contributed by atoms with Crippen molar-refractivity contribution in [2.24, 2.45) is 9.39 Å². The van der Waals surface area contributed by atoms with Crippen LogP contribution in [0.25, 0.3) is 0 Å². The molecule has 30 heavy (non-hydrogen) atoms. The second-order valence-electron chi connectivity index (χ2n) is 5.81. The zero-order chi connectivity index (χ0) is 21.9. The van der Waals surface area contributed by atoms with Gasteiger partial charge in [-0.05, 0) is 36.4 Å². The average Bonchev–Trinajstić information content (AvgIpc) is 2.70. The van der Waals surface area contributed by atoms with E-state index in [1.54, 1.807) is 18.2 Å². The number of nitrogens with zero attached hydrogens (tertiary/aromatic N) is 4. The number of hydrogen-bond acceptors (Lipinski definition) is 7. The quantitative estimate of drug-likeness (QED) is 0.384. The minimum absolute atomic E-state index is 0.00339. The molecule has 0 radical (unpaired) electrons. The number of benzene rings is 2. The van der Waals surface area contributed by atoms with Crippen molar-refractivity contribution in [3.05, 3.63) is 92.0 Å². The molecule has 0 spiro atoms. The zero-order valence-electron chi connectivity index (χ0n) is 14.9. The summed E-state index contributed by atoms with van der Waals surface area (Å²) >= 11 is 6.12. The molecule has 1 aliphatic carbocycles. The van der Waals surface area contributed by atoms with Crippen molar-refractivity contribution in [1.29, 1.82) is 0 Å². The Bertz CT molecular complexity index is 1270. The van der Waals surface area contributed by atoms with Crippen molar-refractivity contribution in [3.8, 4) is 0 Å². The van der Waals surface area contributed by atoms with Crippen LogP contribution in [-0.4, -0.2) is 29.7 Å². The summed E-state index contributed by atoms with van der Waals surface area (Å²) < 4.78 is 28.4. The minimum atomic E-state index is -3.98. The summed E-state index contributed by atoms with van der Waals surface area (Å²) in [6, 6.07) is 10.6. The van der Waals surface area contributed by atoms with E-state index in [0.717, 1.165) is 18.2 Å². The Hall–Kier alpha value is -3.70. The highest BCUT2D eigenvalue weighted by atomic mass is 35.5. The monoisotopic (exact) mass is 446 g/mol. The highest BCUT2D eigenvalue weighted by molar-refractivity contribution is 7.90. The molecule has 0 saturated carbocycles. The van der Waals surface area contributed by atoms with Gasteiger partial charge in [0.1, 0.15) is 5.69 Å². The maximum atomic E-state index is 12.4. The van der Waals surface area contributed by atoms with Gasteiger partial charge in [0, 0.05) is 6.07 Å². The summed E-state index contributed by atoms with van der Waals surface area (Å²) in [5, 5.41) is 22.0. The molecule has 0 heterocycles. The van der Waals surface area contributed by atoms with Crippen LogP contribution in [-0.2, 0) is 10.0 Å². The summed E-state index contributed by atoms with van der Waals surface area (Å²) in [7, 11) is -3.98. The lowest BCUT2D eigenvalue weighted by Crippen LogP contribution is -2.08. The summed E-state index contributed by atoms with van der Waals surface area (Å²) in [5.41, 5.74) is -0.978. The van der Waals surface area contributed by atoms with Gasteiger partial charge in [-0.2, -0.15) is 12.8 Å². The number of sulfonamides is 1. The molecule has 0 N–H and O–H groups in total. The van der Waals surface area contributed by atoms with Crippen LogP contribution in [0.15, 0.2) is 86.1 Å². The average molecular weight is 447 g/mol. The summed E-state index contributed by atoms with van der Waals surface area (Å²) in [4.78, 5) is 24.6. The molecule has 0 atom stereocenters. The lowest BCUT2D eigenvalue weighted by molar-refractivity contribution is -0.393. The zero-order valence-corrected chi connectivity index (χ0v) is 16.4. The number of hydrogen-bond donors (Lipinski definition) is 0. The third kappa shape index (κ3) is 4.64. The van der Waals surface area contributed by atoms with Gasteiger partial charge in [0.25, 0.3) is 15.7 Å². The van der Waals surface area contributed by atoms with Gasteiger partial charge in [-0.25, -0.2) is 4.99 Å². The Morgan fingerprint density at radius 1 is 0.933 bits per heavy atom. The van der Waals surface area contributed by atoms with Crippen LogP contribution < -0.4 is 0 Å². The number of rotatable bonds is 5. The Balaban J connectivity index is 1.95. The van der Waals surface area contributed by atoms with Crippen LogP contribution in [0.1, 0.15) is 0 Å². The van der Waals surface area contributed by atoms with E-state index in [4.69, 9.17) is 11.6 Å². The minimum Gasteiger partial charge on any atom is -0.258 e. The number of nitro benzene ring substituents is 2. The predicted molar refractivity (Wildman–Crippen MR) is 111 cm³/mol. The van der Waals surface area contributed by atoms with E-state index in [2.05, 4.69) is 9.39 Å². The molecule has 0 aliphatic heterocycles. The molecule has 0 unspecified atom stereocenters. The maximum Gasteiger partial charge on any atom is 0.301 e. The van der Waals surface area contributed by atoms with Crippen molar-refractivity contribution in [2.75, 3.05) is 0 Å². The maximum absolute atomic E-state index is 12.4. The molecular weight excluding hydrogens is 436 g/mol. The van der Waals surface area contributed by atoms with E-state index in [1.807, 2.05) is 0 Å². The van der Waals surface area contributed by atoms with Crippen molar-refractivity contribution >= 4 is 50.1 Å². The molecule has 2 aromatic carbocycles. The van der Waals surface area contributed by atoms with Crippen LogP contribution in [0.3, 0.4) is 0 Å². The normalized spacial score (nSPS) is 16.5. The third-order valence-electron chi connectivity index (χ3n) is 3.81. The topological polar surface area (TPSA) is 145 Å². The highest BCUT2D eigenvalue weighted by Crippen LogP contribution is 2.32. The predicted octanol–water partition coefficient (Wildman–Crippen LogP) is 4.10. The smallest absolute Gasteiger partial charge is 0.258 e. The summed E-state index contributed by atoms with van der Waals surface area (Å²) in [6.45, 7) is 0. The van der Waals surface area contributed by atoms with Crippen LogP contribution in [0, 0.1) is 20.2 Å². The molecule has 12 heteroatoms. The number of non-ortho nitro benzene ring substituents is 1. The van der Waals surface area contributed by atoms with Gasteiger partial charge in [0.2, 0.25) is 0 Å². The van der Waals surface area contributed by atoms with E-state index in [-0.39, 0.29) is 27.0 Å². The molecule has 0 aromatic heterocycles. The van der Waals surface area contributed by atoms with Gasteiger partial charge in [0.15, 0.2) is 0 Å². The molecule has 152 valence electrons. The fourth-order valence-electron chi connectivity index (χ4n) is 2.42. The lowest BCUT2D eigenvalue weighted by Gasteiger charge is -2.07. The number of nitro groups is 2. The summed E-state index contributed by atoms with van der Waals surface area (Å²) in [6.07, 6.45) is 3.96. The van der Waals surface area contributed by atoms with Gasteiger partial charge < -0.3 is 0 Å². The van der Waals surface area contributed by atoms with Crippen LogP contribution in [0.4, 0.5) is 17.1 Å². The second kappa shape index (κ2) is 8.35. The van der Waals surface area contributed by atoms with E-state index in [9.17, 15) is 28.6 Å². The summed E-state index contributed by atoms with van der Waals surface area (Å²) in [5.74, 6) is 0. The lowest BCUT2D eigenvalue weighted by atomic mass is 10.1. The van der Waals surface area contributed by atoms with E-state index >= 15 is 0 Å². The molecule has 0 bridgehead atoms. The van der Waals surface area contributed by atoms with E-state index < -0.39 is 31.2 Å². The first kappa shape index (κ1) is 21.0. The van der Waals surface area contributed by atoms with Crippen molar-refractivity contribution in [1.82, 2.24) is 0 Å². The van der Waals surface area contributed by atoms with Crippen LogP contribution >= 0.6 is 11.6 Å². The van der Waals surface area contributed by atoms with Crippen LogP contribution in [0.2, 0.25) is 0 Å². The van der Waals surface area contributed by atoms with Gasteiger partial charge >= 0.3 is 5.69 Å². The molecule has 0 saturated heterocycles. The van der Waals surface area contributed by atoms with Gasteiger partial charge in [-0.3, -0.25) is 20.2 Å². The Morgan fingerprint density at radius 3 is 2.23 bits per heavy atom. The fourth-order valence-corrected chi connectivity index (χ4v) is 3.71. The molecule has 1 aliphatic rings. The van der Waals surface area contributed by atoms with Gasteiger partial charge in [0.05, 0.1) is 37.3 Å². The second-order valence-corrected chi connectivity index (χ2v) is 7.83. The Labute approximate surface area is 174 Å². The fraction of sp³-hybridized carbons (Fsp3) is 0. The first-order chi connectivity index (χ1) is 14.2. The first-order valence-corrected chi connectivity index (χ1v) is 9.96. The highest BCUT2D eigenvalue weighted by Gasteiger charge is 2.20. The van der Waals surface area contributed by atoms with E-state index in [0.29, 0.717) is 0 Å². The first-order valence-electron chi connectivity index (χ1n) is 8.14. The Kier molecular flexibility index (Phi) is 5.85. The Morgan fingerprint density at radius 2 is 1.63 bits per heavy atom. The number of halogens is 1. The molecule has 3 rings (SSSR count). The molecular formula is C18H11ClN4O6S. The molecule has 2 aromatic rings. The van der Waals surface area contributed by atoms with Crippen LogP contribution in [0.5, 0.6) is 0 Å². The number of aliphatic imine (C=N–C) groups is 1. The van der Waals surface area contributed by atoms with Crippen molar-refractivity contribution in [3.63, 3.8) is 0 Å².